The first kappa shape index (κ1) is 15.4. The lowest BCUT2D eigenvalue weighted by Gasteiger charge is -2.05. The van der Waals surface area contributed by atoms with E-state index in [-0.39, 0.29) is 11.5 Å². The molecule has 2 aromatic carbocycles. The molecule has 0 fully saturated rings. The zero-order valence-corrected chi connectivity index (χ0v) is 15.0. The predicted octanol–water partition coefficient (Wildman–Crippen LogP) is 6.07. The van der Waals surface area contributed by atoms with E-state index in [2.05, 4.69) is 31.9 Å². The Balaban J connectivity index is 2.00. The zero-order chi connectivity index (χ0) is 13.8. The summed E-state index contributed by atoms with van der Waals surface area (Å²) < 4.78 is 1.84. The van der Waals surface area contributed by atoms with Crippen molar-refractivity contribution in [3.05, 3.63) is 45.3 Å². The molecule has 2 N–H and O–H groups in total. The van der Waals surface area contributed by atoms with E-state index in [1.54, 1.807) is 24.3 Å². The summed E-state index contributed by atoms with van der Waals surface area (Å²) in [5, 5.41) is 19.4. The Bertz CT molecular complexity index is 542. The smallest absolute Gasteiger partial charge is 0.130 e. The van der Waals surface area contributed by atoms with Crippen LogP contribution in [0.5, 0.6) is 11.5 Å². The first-order valence-electron chi connectivity index (χ1n) is 5.04. The van der Waals surface area contributed by atoms with Crippen molar-refractivity contribution in [1.82, 2.24) is 0 Å². The lowest BCUT2D eigenvalue weighted by molar-refractivity contribution is 0.462. The normalized spacial score (nSPS) is 10.6. The van der Waals surface area contributed by atoms with Gasteiger partial charge in [-0.25, -0.2) is 0 Å². The van der Waals surface area contributed by atoms with Crippen molar-refractivity contribution in [2.75, 3.05) is 0 Å². The number of hydrogen-bond acceptors (Lipinski definition) is 5. The number of benzene rings is 2. The van der Waals surface area contributed by atoms with E-state index in [1.165, 1.54) is 31.4 Å². The maximum absolute atomic E-state index is 9.71. The van der Waals surface area contributed by atoms with Crippen LogP contribution in [0.1, 0.15) is 0 Å². The maximum atomic E-state index is 9.71. The molecule has 0 spiro atoms. The first-order valence-corrected chi connectivity index (χ1v) is 10.1. The lowest BCUT2D eigenvalue weighted by atomic mass is 10.3. The molecule has 0 aromatic heterocycles. The molecule has 0 amide bonds. The number of hydrogen-bond donors (Lipinski definition) is 2. The quantitative estimate of drug-likeness (QED) is 0.565. The highest BCUT2D eigenvalue weighted by atomic mass is 79.9. The first-order chi connectivity index (χ1) is 9.06. The maximum Gasteiger partial charge on any atom is 0.130 e. The average molecular weight is 440 g/mol. The van der Waals surface area contributed by atoms with Crippen LogP contribution in [0, 0.1) is 0 Å². The number of phenolic OH excluding ortho intramolecular Hbond substituents is 2. The molecular weight excluding hydrogens is 432 g/mol. The average Bonchev–Trinajstić information content (AvgIpc) is 2.38. The van der Waals surface area contributed by atoms with Gasteiger partial charge in [0, 0.05) is 8.95 Å². The largest absolute Gasteiger partial charge is 0.507 e. The summed E-state index contributed by atoms with van der Waals surface area (Å²) in [5.74, 6) is 0.500. The molecule has 2 aromatic rings. The molecule has 0 heterocycles. The monoisotopic (exact) mass is 438 g/mol. The molecular formula is C12H8Br2O2S3. The minimum atomic E-state index is 0.250. The SMILES string of the molecule is Oc1ccc(Br)cc1SSSc1cc(Br)ccc1O. The highest BCUT2D eigenvalue weighted by Crippen LogP contribution is 2.49. The molecule has 19 heavy (non-hydrogen) atoms. The summed E-state index contributed by atoms with van der Waals surface area (Å²) in [4.78, 5) is 1.56. The van der Waals surface area contributed by atoms with Gasteiger partial charge < -0.3 is 10.2 Å². The minimum absolute atomic E-state index is 0.250. The number of halogens is 2. The molecule has 2 rings (SSSR count). The second-order valence-corrected chi connectivity index (χ2v) is 9.27. The van der Waals surface area contributed by atoms with Gasteiger partial charge in [0.15, 0.2) is 0 Å². The van der Waals surface area contributed by atoms with Crippen LogP contribution in [0.2, 0.25) is 0 Å². The van der Waals surface area contributed by atoms with Crippen LogP contribution in [0.15, 0.2) is 55.1 Å². The third-order valence-corrected chi connectivity index (χ3v) is 6.94. The molecule has 0 aliphatic carbocycles. The van der Waals surface area contributed by atoms with Crippen LogP contribution in [-0.2, 0) is 0 Å². The summed E-state index contributed by atoms with van der Waals surface area (Å²) in [7, 11) is 4.36. The summed E-state index contributed by atoms with van der Waals surface area (Å²) >= 11 is 6.74. The molecule has 0 saturated carbocycles. The van der Waals surface area contributed by atoms with Crippen LogP contribution in [0.3, 0.4) is 0 Å². The third-order valence-electron chi connectivity index (χ3n) is 2.09. The summed E-state index contributed by atoms with van der Waals surface area (Å²) in [5.41, 5.74) is 0. The molecule has 0 radical (unpaired) electrons. The van der Waals surface area contributed by atoms with Gasteiger partial charge in [-0.3, -0.25) is 0 Å². The molecule has 2 nitrogen and oxygen atoms in total. The van der Waals surface area contributed by atoms with Crippen LogP contribution in [0.25, 0.3) is 0 Å². The third kappa shape index (κ3) is 4.53. The Kier molecular flexibility index (Phi) is 5.83. The Morgan fingerprint density at radius 1 is 0.737 bits per heavy atom. The molecule has 0 bridgehead atoms. The number of rotatable bonds is 4. The van der Waals surface area contributed by atoms with E-state index < -0.39 is 0 Å². The Labute approximate surface area is 139 Å². The van der Waals surface area contributed by atoms with Crippen molar-refractivity contribution in [2.24, 2.45) is 0 Å². The molecule has 7 heteroatoms. The summed E-state index contributed by atoms with van der Waals surface area (Å²) in [6, 6.07) is 10.6. The predicted molar refractivity (Wildman–Crippen MR) is 90.9 cm³/mol. The second-order valence-electron chi connectivity index (χ2n) is 3.46. The van der Waals surface area contributed by atoms with Gasteiger partial charge in [-0.05, 0) is 67.8 Å². The van der Waals surface area contributed by atoms with Crippen LogP contribution in [0.4, 0.5) is 0 Å². The van der Waals surface area contributed by atoms with Crippen molar-refractivity contribution in [1.29, 1.82) is 0 Å². The van der Waals surface area contributed by atoms with Crippen LogP contribution >= 0.6 is 63.3 Å². The number of aromatic hydroxyl groups is 2. The van der Waals surface area contributed by atoms with Crippen LogP contribution in [-0.4, -0.2) is 10.2 Å². The Morgan fingerprint density at radius 2 is 1.16 bits per heavy atom. The van der Waals surface area contributed by atoms with E-state index >= 15 is 0 Å². The van der Waals surface area contributed by atoms with E-state index in [4.69, 9.17) is 0 Å². The second kappa shape index (κ2) is 7.17. The standard InChI is InChI=1S/C12H8Br2O2S3/c13-7-1-3-9(15)11(5-7)17-19-18-12-6-8(14)2-4-10(12)16/h1-6,15-16H. The molecule has 100 valence electrons. The molecule has 0 saturated heterocycles. The van der Waals surface area contributed by atoms with Gasteiger partial charge in [-0.1, -0.05) is 31.9 Å². The summed E-state index contributed by atoms with van der Waals surface area (Å²) in [6.07, 6.45) is 0. The van der Waals surface area contributed by atoms with E-state index in [0.29, 0.717) is 0 Å². The van der Waals surface area contributed by atoms with E-state index in [0.717, 1.165) is 18.7 Å². The van der Waals surface area contributed by atoms with Gasteiger partial charge in [0.1, 0.15) is 11.5 Å². The molecule has 0 atom stereocenters. The van der Waals surface area contributed by atoms with E-state index in [1.807, 2.05) is 12.1 Å². The fourth-order valence-electron chi connectivity index (χ4n) is 1.20. The highest BCUT2D eigenvalue weighted by molar-refractivity contribution is 9.11. The summed E-state index contributed by atoms with van der Waals surface area (Å²) in [6.45, 7) is 0. The van der Waals surface area contributed by atoms with Gasteiger partial charge in [-0.2, -0.15) is 0 Å². The lowest BCUT2D eigenvalue weighted by Crippen LogP contribution is -1.73. The molecule has 0 aliphatic heterocycles. The Morgan fingerprint density at radius 3 is 1.58 bits per heavy atom. The fourth-order valence-corrected chi connectivity index (χ4v) is 6.03. The zero-order valence-electron chi connectivity index (χ0n) is 9.34. The molecule has 0 unspecified atom stereocenters. The van der Waals surface area contributed by atoms with Gasteiger partial charge in [-0.15, -0.1) is 0 Å². The fraction of sp³-hybridized carbons (Fsp3) is 0. The highest BCUT2D eigenvalue weighted by Gasteiger charge is 2.07. The van der Waals surface area contributed by atoms with Crippen molar-refractivity contribution in [2.45, 2.75) is 9.79 Å². The van der Waals surface area contributed by atoms with Crippen molar-refractivity contribution in [3.8, 4) is 11.5 Å². The van der Waals surface area contributed by atoms with Crippen molar-refractivity contribution >= 4 is 63.3 Å². The van der Waals surface area contributed by atoms with Crippen LogP contribution < -0.4 is 0 Å². The van der Waals surface area contributed by atoms with E-state index in [9.17, 15) is 10.2 Å². The Hall–Kier alpha value is 0.0500. The van der Waals surface area contributed by atoms with Crippen molar-refractivity contribution < 1.29 is 10.2 Å². The minimum Gasteiger partial charge on any atom is -0.507 e. The van der Waals surface area contributed by atoms with Gasteiger partial charge in [0.05, 0.1) is 9.79 Å². The van der Waals surface area contributed by atoms with Gasteiger partial charge in [0.2, 0.25) is 0 Å². The van der Waals surface area contributed by atoms with Crippen molar-refractivity contribution in [3.63, 3.8) is 0 Å². The number of phenols is 2. The topological polar surface area (TPSA) is 40.5 Å². The van der Waals surface area contributed by atoms with Gasteiger partial charge in [0.25, 0.3) is 0 Å². The van der Waals surface area contributed by atoms with Gasteiger partial charge >= 0.3 is 0 Å². The molecule has 0 aliphatic rings.